The van der Waals surface area contributed by atoms with E-state index in [9.17, 15) is 18.4 Å². The van der Waals surface area contributed by atoms with Gasteiger partial charge >= 0.3 is 0 Å². The van der Waals surface area contributed by atoms with Crippen molar-refractivity contribution in [2.24, 2.45) is 0 Å². The molecule has 1 fully saturated rings. The average Bonchev–Trinajstić information content (AvgIpc) is 3.48. The van der Waals surface area contributed by atoms with E-state index in [1.165, 1.54) is 12.2 Å². The Hall–Kier alpha value is -1.80. The summed E-state index contributed by atoms with van der Waals surface area (Å²) >= 11 is 0. The van der Waals surface area contributed by atoms with E-state index < -0.39 is 23.5 Å². The van der Waals surface area contributed by atoms with Crippen molar-refractivity contribution in [1.82, 2.24) is 10.6 Å². The summed E-state index contributed by atoms with van der Waals surface area (Å²) in [5, 5.41) is 22.4. The maximum Gasteiger partial charge on any atom is 0.279 e. The van der Waals surface area contributed by atoms with E-state index in [4.69, 9.17) is 10.2 Å². The molecule has 0 aromatic carbocycles. The van der Waals surface area contributed by atoms with E-state index in [0.717, 1.165) is 64.2 Å². The van der Waals surface area contributed by atoms with Gasteiger partial charge in [0.1, 0.15) is 0 Å². The molecule has 4 N–H and O–H groups in total. The normalized spacial score (nSPS) is 18.7. The zero-order valence-electron chi connectivity index (χ0n) is 18.4. The fourth-order valence-electron chi connectivity index (χ4n) is 3.20. The van der Waals surface area contributed by atoms with Gasteiger partial charge in [0.25, 0.3) is 11.8 Å². The maximum atomic E-state index is 13.9. The quantitative estimate of drug-likeness (QED) is 0.191. The molecule has 1 saturated carbocycles. The van der Waals surface area contributed by atoms with E-state index >= 15 is 0 Å². The minimum atomic E-state index is -0.836. The Bertz CT molecular complexity index is 546. The van der Waals surface area contributed by atoms with Gasteiger partial charge in [0.05, 0.1) is 12.1 Å². The van der Waals surface area contributed by atoms with Crippen LogP contribution in [-0.4, -0.2) is 47.3 Å². The molecule has 0 saturated heterocycles. The molecule has 0 aromatic heterocycles. The van der Waals surface area contributed by atoms with Crippen molar-refractivity contribution in [3.8, 4) is 0 Å². The van der Waals surface area contributed by atoms with E-state index in [2.05, 4.69) is 10.6 Å². The first kappa shape index (κ1) is 27.2. The first-order valence-corrected chi connectivity index (χ1v) is 11.5. The molecule has 2 atom stereocenters. The van der Waals surface area contributed by atoms with Gasteiger partial charge in [-0.15, -0.1) is 0 Å². The van der Waals surface area contributed by atoms with Crippen molar-refractivity contribution >= 4 is 11.8 Å². The highest BCUT2D eigenvalue weighted by atomic mass is 19.1. The summed E-state index contributed by atoms with van der Waals surface area (Å²) in [6.45, 7) is 0.375. The highest BCUT2D eigenvalue weighted by molar-refractivity contribution is 5.93. The van der Waals surface area contributed by atoms with Crippen molar-refractivity contribution in [2.45, 2.75) is 95.6 Å². The standard InChI is InChI=1S/C23H38F2N2O4/c24-18(13-9-5-1-3-7-11-15-28)22(30)26-20-17-21(20)27-23(31)19(25)14-10-6-2-4-8-12-16-29/h13-14,20-21,28-29H,1-12,15-17H2,(H,26,30)(H,27,31)/t20-,21+. The van der Waals surface area contributed by atoms with E-state index in [0.29, 0.717) is 19.3 Å². The molecule has 0 bridgehead atoms. The fraction of sp³-hybridized carbons (Fsp3) is 0.739. The molecule has 0 spiro atoms. The second-order valence-corrected chi connectivity index (χ2v) is 8.06. The maximum absolute atomic E-state index is 13.9. The molecule has 6 nitrogen and oxygen atoms in total. The molecule has 0 aliphatic heterocycles. The van der Waals surface area contributed by atoms with Gasteiger partial charge in [0.15, 0.2) is 11.7 Å². The third kappa shape index (κ3) is 13.3. The van der Waals surface area contributed by atoms with Crippen LogP contribution in [0.25, 0.3) is 0 Å². The minimum Gasteiger partial charge on any atom is -0.396 e. The first-order chi connectivity index (χ1) is 15.0. The van der Waals surface area contributed by atoms with Crippen molar-refractivity contribution in [2.75, 3.05) is 13.2 Å². The highest BCUT2D eigenvalue weighted by Gasteiger charge is 2.40. The summed E-state index contributed by atoms with van der Waals surface area (Å²) in [6.07, 6.45) is 12.7. The van der Waals surface area contributed by atoms with Crippen LogP contribution in [0.2, 0.25) is 0 Å². The van der Waals surface area contributed by atoms with Crippen LogP contribution in [0.3, 0.4) is 0 Å². The molecule has 31 heavy (non-hydrogen) atoms. The number of nitrogens with one attached hydrogen (secondary N) is 2. The Labute approximate surface area is 184 Å². The first-order valence-electron chi connectivity index (χ1n) is 11.5. The molecule has 0 unspecified atom stereocenters. The molecule has 8 heteroatoms. The number of hydrogen-bond donors (Lipinski definition) is 4. The van der Waals surface area contributed by atoms with Gasteiger partial charge in [0, 0.05) is 13.2 Å². The highest BCUT2D eigenvalue weighted by Crippen LogP contribution is 2.22. The summed E-state index contributed by atoms with van der Waals surface area (Å²) < 4.78 is 27.7. The molecular formula is C23H38F2N2O4. The number of aliphatic hydroxyl groups excluding tert-OH is 2. The molecule has 0 heterocycles. The van der Waals surface area contributed by atoms with E-state index in [-0.39, 0.29) is 25.3 Å². The molecule has 2 amide bonds. The van der Waals surface area contributed by atoms with Crippen LogP contribution in [0, 0.1) is 0 Å². The smallest absolute Gasteiger partial charge is 0.279 e. The van der Waals surface area contributed by atoms with Gasteiger partial charge in [-0.1, -0.05) is 38.5 Å². The topological polar surface area (TPSA) is 98.7 Å². The Morgan fingerprint density at radius 1 is 0.677 bits per heavy atom. The number of halogens is 2. The monoisotopic (exact) mass is 444 g/mol. The lowest BCUT2D eigenvalue weighted by Crippen LogP contribution is -2.35. The van der Waals surface area contributed by atoms with Crippen LogP contribution in [0.15, 0.2) is 23.8 Å². The van der Waals surface area contributed by atoms with Crippen LogP contribution in [-0.2, 0) is 9.59 Å². The minimum absolute atomic E-state index is 0.187. The van der Waals surface area contributed by atoms with Crippen molar-refractivity contribution in [1.29, 1.82) is 0 Å². The largest absolute Gasteiger partial charge is 0.396 e. The fourth-order valence-corrected chi connectivity index (χ4v) is 3.20. The summed E-state index contributed by atoms with van der Waals surface area (Å²) in [5.74, 6) is -3.28. The van der Waals surface area contributed by atoms with Crippen LogP contribution < -0.4 is 10.6 Å². The van der Waals surface area contributed by atoms with E-state index in [1.807, 2.05) is 0 Å². The molecule has 0 radical (unpaired) electrons. The predicted molar refractivity (Wildman–Crippen MR) is 116 cm³/mol. The zero-order chi connectivity index (χ0) is 22.9. The second kappa shape index (κ2) is 16.8. The summed E-state index contributed by atoms with van der Waals surface area (Å²) in [4.78, 5) is 23.7. The second-order valence-electron chi connectivity index (χ2n) is 8.06. The summed E-state index contributed by atoms with van der Waals surface area (Å²) in [7, 11) is 0. The van der Waals surface area contributed by atoms with Crippen molar-refractivity contribution < 1.29 is 28.6 Å². The number of aliphatic hydroxyl groups is 2. The number of allylic oxidation sites excluding steroid dienone is 2. The van der Waals surface area contributed by atoms with Gasteiger partial charge in [-0.25, -0.2) is 8.78 Å². The van der Waals surface area contributed by atoms with Crippen LogP contribution >= 0.6 is 0 Å². The Balaban J connectivity index is 2.16. The van der Waals surface area contributed by atoms with Crippen LogP contribution in [0.5, 0.6) is 0 Å². The van der Waals surface area contributed by atoms with Gasteiger partial charge in [-0.05, 0) is 57.1 Å². The average molecular weight is 445 g/mol. The third-order valence-corrected chi connectivity index (χ3v) is 5.23. The SMILES string of the molecule is O=C(N[C@H]1C[C@H]1NC(=O)C(F)=CCCCCCCCO)C(F)=CCCCCCCCO. The number of carbonyl (C=O) groups excluding carboxylic acids is 2. The van der Waals surface area contributed by atoms with Gasteiger partial charge < -0.3 is 20.8 Å². The Morgan fingerprint density at radius 2 is 1.03 bits per heavy atom. The zero-order valence-corrected chi connectivity index (χ0v) is 18.4. The summed E-state index contributed by atoms with van der Waals surface area (Å²) in [6, 6.07) is -0.762. The summed E-state index contributed by atoms with van der Waals surface area (Å²) in [5.41, 5.74) is 0. The van der Waals surface area contributed by atoms with Crippen molar-refractivity contribution in [3.63, 3.8) is 0 Å². The van der Waals surface area contributed by atoms with E-state index in [1.54, 1.807) is 0 Å². The predicted octanol–water partition coefficient (Wildman–Crippen LogP) is 3.73. The van der Waals surface area contributed by atoms with Crippen LogP contribution in [0.1, 0.15) is 83.5 Å². The molecule has 178 valence electrons. The number of unbranched alkanes of at least 4 members (excludes halogenated alkanes) is 10. The lowest BCUT2D eigenvalue weighted by Gasteiger charge is -2.05. The molecular weight excluding hydrogens is 406 g/mol. The van der Waals surface area contributed by atoms with Gasteiger partial charge in [-0.2, -0.15) is 0 Å². The Kier molecular flexibility index (Phi) is 14.8. The molecule has 1 aliphatic rings. The molecule has 1 aliphatic carbocycles. The Morgan fingerprint density at radius 3 is 1.42 bits per heavy atom. The number of rotatable bonds is 18. The molecule has 1 rings (SSSR count). The molecule has 0 aromatic rings. The lowest BCUT2D eigenvalue weighted by atomic mass is 10.1. The number of amides is 2. The van der Waals surface area contributed by atoms with Gasteiger partial charge in [-0.3, -0.25) is 9.59 Å². The van der Waals surface area contributed by atoms with Crippen LogP contribution in [0.4, 0.5) is 8.78 Å². The number of carbonyl (C=O) groups is 2. The van der Waals surface area contributed by atoms with Gasteiger partial charge in [0.2, 0.25) is 0 Å². The lowest BCUT2D eigenvalue weighted by molar-refractivity contribution is -0.120. The third-order valence-electron chi connectivity index (χ3n) is 5.23. The van der Waals surface area contributed by atoms with Crippen molar-refractivity contribution in [3.05, 3.63) is 23.8 Å². The number of hydrogen-bond acceptors (Lipinski definition) is 4.